The average molecular weight is 362 g/mol. The van der Waals surface area contributed by atoms with Gasteiger partial charge in [-0.1, -0.05) is 55.0 Å². The SMILES string of the molecule is CN1CCCCC1C(Cc1ccccc1)OC(=O)c1c[nH]c2ccccc12. The van der Waals surface area contributed by atoms with Crippen LogP contribution in [0.4, 0.5) is 0 Å². The largest absolute Gasteiger partial charge is 0.457 e. The van der Waals surface area contributed by atoms with E-state index in [1.54, 1.807) is 6.20 Å². The van der Waals surface area contributed by atoms with E-state index in [0.717, 1.165) is 30.3 Å². The Morgan fingerprint density at radius 1 is 1.15 bits per heavy atom. The molecule has 1 aromatic heterocycles. The highest BCUT2D eigenvalue weighted by molar-refractivity contribution is 6.04. The number of likely N-dealkylation sites (N-methyl/N-ethyl adjacent to an activating group) is 1. The second-order valence-corrected chi connectivity index (χ2v) is 7.43. The summed E-state index contributed by atoms with van der Waals surface area (Å²) < 4.78 is 6.12. The van der Waals surface area contributed by atoms with Crippen molar-refractivity contribution in [2.75, 3.05) is 13.6 Å². The quantitative estimate of drug-likeness (QED) is 0.684. The van der Waals surface area contributed by atoms with Gasteiger partial charge in [0.1, 0.15) is 6.10 Å². The van der Waals surface area contributed by atoms with Crippen molar-refractivity contribution >= 4 is 16.9 Å². The van der Waals surface area contributed by atoms with Crippen LogP contribution in [-0.4, -0.2) is 41.6 Å². The lowest BCUT2D eigenvalue weighted by atomic mass is 9.93. The summed E-state index contributed by atoms with van der Waals surface area (Å²) in [6.45, 7) is 1.06. The lowest BCUT2D eigenvalue weighted by Crippen LogP contribution is -2.47. The van der Waals surface area contributed by atoms with Crippen LogP contribution < -0.4 is 0 Å². The van der Waals surface area contributed by atoms with Crippen molar-refractivity contribution in [2.24, 2.45) is 0 Å². The third kappa shape index (κ3) is 3.91. The maximum absolute atomic E-state index is 13.0. The first-order valence-corrected chi connectivity index (χ1v) is 9.73. The first-order valence-electron chi connectivity index (χ1n) is 9.73. The minimum atomic E-state index is -0.243. The van der Waals surface area contributed by atoms with Crippen molar-refractivity contribution in [3.63, 3.8) is 0 Å². The number of rotatable bonds is 5. The molecule has 4 nitrogen and oxygen atoms in total. The molecule has 2 unspecified atom stereocenters. The third-order valence-corrected chi connectivity index (χ3v) is 5.60. The number of hydrogen-bond donors (Lipinski definition) is 1. The minimum Gasteiger partial charge on any atom is -0.457 e. The summed E-state index contributed by atoms with van der Waals surface area (Å²) in [4.78, 5) is 18.5. The number of aromatic amines is 1. The molecule has 1 aliphatic rings. The summed E-state index contributed by atoms with van der Waals surface area (Å²) in [5.41, 5.74) is 2.77. The van der Waals surface area contributed by atoms with Gasteiger partial charge in [-0.05, 0) is 38.1 Å². The van der Waals surface area contributed by atoms with E-state index in [-0.39, 0.29) is 18.1 Å². The van der Waals surface area contributed by atoms with Crippen molar-refractivity contribution in [1.82, 2.24) is 9.88 Å². The van der Waals surface area contributed by atoms with Gasteiger partial charge in [-0.3, -0.25) is 4.90 Å². The number of nitrogens with zero attached hydrogens (tertiary/aromatic N) is 1. The molecule has 0 bridgehead atoms. The van der Waals surface area contributed by atoms with Gasteiger partial charge in [-0.15, -0.1) is 0 Å². The molecule has 0 saturated carbocycles. The predicted octanol–water partition coefficient (Wildman–Crippen LogP) is 4.42. The fourth-order valence-corrected chi connectivity index (χ4v) is 4.11. The lowest BCUT2D eigenvalue weighted by Gasteiger charge is -2.37. The summed E-state index contributed by atoms with van der Waals surface area (Å²) in [5.74, 6) is -0.243. The van der Waals surface area contributed by atoms with Gasteiger partial charge < -0.3 is 9.72 Å². The van der Waals surface area contributed by atoms with Gasteiger partial charge in [0.05, 0.1) is 5.56 Å². The van der Waals surface area contributed by atoms with Gasteiger partial charge in [-0.25, -0.2) is 4.79 Å². The number of aromatic nitrogens is 1. The zero-order valence-corrected chi connectivity index (χ0v) is 15.7. The second kappa shape index (κ2) is 7.97. The van der Waals surface area contributed by atoms with Gasteiger partial charge in [0, 0.05) is 29.6 Å². The van der Waals surface area contributed by atoms with E-state index in [1.807, 2.05) is 42.5 Å². The Labute approximate surface area is 160 Å². The smallest absolute Gasteiger partial charge is 0.340 e. The molecule has 0 amide bonds. The van der Waals surface area contributed by atoms with Crippen molar-refractivity contribution < 1.29 is 9.53 Å². The van der Waals surface area contributed by atoms with Crippen LogP contribution in [0.1, 0.15) is 35.2 Å². The Morgan fingerprint density at radius 2 is 1.93 bits per heavy atom. The molecule has 4 rings (SSSR count). The zero-order chi connectivity index (χ0) is 18.6. The first-order chi connectivity index (χ1) is 13.2. The monoisotopic (exact) mass is 362 g/mol. The van der Waals surface area contributed by atoms with Crippen molar-refractivity contribution in [3.8, 4) is 0 Å². The normalized spacial score (nSPS) is 19.1. The van der Waals surface area contributed by atoms with Gasteiger partial charge in [0.15, 0.2) is 0 Å². The Hall–Kier alpha value is -2.59. The molecule has 4 heteroatoms. The number of nitrogens with one attached hydrogen (secondary N) is 1. The van der Waals surface area contributed by atoms with Crippen molar-refractivity contribution in [3.05, 3.63) is 71.9 Å². The standard InChI is InChI=1S/C23H26N2O2/c1-25-14-8-7-13-21(25)22(15-17-9-3-2-4-10-17)27-23(26)19-16-24-20-12-6-5-11-18(19)20/h2-6,9-12,16,21-22,24H,7-8,13-15H2,1H3. The van der Waals surface area contributed by atoms with E-state index in [4.69, 9.17) is 4.74 Å². The number of hydrogen-bond acceptors (Lipinski definition) is 3. The van der Waals surface area contributed by atoms with Gasteiger partial charge in [-0.2, -0.15) is 0 Å². The molecule has 1 saturated heterocycles. The van der Waals surface area contributed by atoms with Gasteiger partial charge in [0.25, 0.3) is 0 Å². The topological polar surface area (TPSA) is 45.3 Å². The molecule has 2 heterocycles. The highest BCUT2D eigenvalue weighted by Gasteiger charge is 2.31. The molecule has 0 spiro atoms. The molecule has 1 aliphatic heterocycles. The molecular formula is C23H26N2O2. The second-order valence-electron chi connectivity index (χ2n) is 7.43. The Balaban J connectivity index is 1.58. The van der Waals surface area contributed by atoms with E-state index in [0.29, 0.717) is 5.56 Å². The number of carbonyl (C=O) groups is 1. The van der Waals surface area contributed by atoms with E-state index < -0.39 is 0 Å². The van der Waals surface area contributed by atoms with Crippen LogP contribution in [0.5, 0.6) is 0 Å². The molecule has 140 valence electrons. The molecule has 1 N–H and O–H groups in total. The molecule has 0 radical (unpaired) electrons. The Morgan fingerprint density at radius 3 is 2.74 bits per heavy atom. The average Bonchev–Trinajstić information content (AvgIpc) is 3.13. The van der Waals surface area contributed by atoms with Crippen molar-refractivity contribution in [2.45, 2.75) is 37.8 Å². The van der Waals surface area contributed by atoms with Crippen LogP contribution in [-0.2, 0) is 11.2 Å². The van der Waals surface area contributed by atoms with E-state index in [9.17, 15) is 4.79 Å². The first kappa shape index (κ1) is 17.8. The molecule has 0 aliphatic carbocycles. The number of ether oxygens (including phenoxy) is 1. The van der Waals surface area contributed by atoms with Crippen molar-refractivity contribution in [1.29, 1.82) is 0 Å². The van der Waals surface area contributed by atoms with E-state index in [2.05, 4.69) is 29.1 Å². The lowest BCUT2D eigenvalue weighted by molar-refractivity contribution is -0.00532. The summed E-state index contributed by atoms with van der Waals surface area (Å²) in [7, 11) is 2.14. The predicted molar refractivity (Wildman–Crippen MR) is 108 cm³/mol. The van der Waals surface area contributed by atoms with Crippen LogP contribution in [0, 0.1) is 0 Å². The number of H-pyrrole nitrogens is 1. The fourth-order valence-electron chi connectivity index (χ4n) is 4.11. The number of esters is 1. The van der Waals surface area contributed by atoms with Crippen LogP contribution in [0.15, 0.2) is 60.8 Å². The molecular weight excluding hydrogens is 336 g/mol. The molecule has 2 atom stereocenters. The molecule has 1 fully saturated rings. The van der Waals surface area contributed by atoms with E-state index >= 15 is 0 Å². The maximum Gasteiger partial charge on any atom is 0.340 e. The highest BCUT2D eigenvalue weighted by Crippen LogP contribution is 2.25. The number of piperidine rings is 1. The van der Waals surface area contributed by atoms with Gasteiger partial charge in [0.2, 0.25) is 0 Å². The number of carbonyl (C=O) groups excluding carboxylic acids is 1. The number of para-hydroxylation sites is 1. The Kier molecular flexibility index (Phi) is 5.26. The summed E-state index contributed by atoms with van der Waals surface area (Å²) in [6.07, 6.45) is 5.81. The van der Waals surface area contributed by atoms with Crippen LogP contribution >= 0.6 is 0 Å². The third-order valence-electron chi connectivity index (χ3n) is 5.60. The highest BCUT2D eigenvalue weighted by atomic mass is 16.5. The summed E-state index contributed by atoms with van der Waals surface area (Å²) in [5, 5.41) is 0.915. The van der Waals surface area contributed by atoms with Crippen LogP contribution in [0.25, 0.3) is 10.9 Å². The van der Waals surface area contributed by atoms with E-state index in [1.165, 1.54) is 18.4 Å². The molecule has 27 heavy (non-hydrogen) atoms. The summed E-state index contributed by atoms with van der Waals surface area (Å²) in [6, 6.07) is 18.4. The maximum atomic E-state index is 13.0. The summed E-state index contributed by atoms with van der Waals surface area (Å²) >= 11 is 0. The number of benzene rings is 2. The van der Waals surface area contributed by atoms with Crippen LogP contribution in [0.2, 0.25) is 0 Å². The molecule has 2 aromatic carbocycles. The minimum absolute atomic E-state index is 0.154. The zero-order valence-electron chi connectivity index (χ0n) is 15.7. The Bertz CT molecular complexity index is 903. The number of fused-ring (bicyclic) bond motifs is 1. The van der Waals surface area contributed by atoms with Crippen LogP contribution in [0.3, 0.4) is 0 Å². The van der Waals surface area contributed by atoms with Gasteiger partial charge >= 0.3 is 5.97 Å². The number of likely N-dealkylation sites (tertiary alicyclic amines) is 1. The fraction of sp³-hybridized carbons (Fsp3) is 0.348. The molecule has 3 aromatic rings.